The van der Waals surface area contributed by atoms with E-state index in [-0.39, 0.29) is 0 Å². The van der Waals surface area contributed by atoms with Gasteiger partial charge in [-0.05, 0) is 56.8 Å². The summed E-state index contributed by atoms with van der Waals surface area (Å²) in [5, 5.41) is 0. The van der Waals surface area contributed by atoms with E-state index >= 15 is 0 Å². The quantitative estimate of drug-likeness (QED) is 0.903. The molecule has 1 aliphatic carbocycles. The van der Waals surface area contributed by atoms with E-state index < -0.39 is 0 Å². The summed E-state index contributed by atoms with van der Waals surface area (Å²) in [5.41, 5.74) is 7.42. The molecule has 2 N–H and O–H groups in total. The third-order valence-corrected chi connectivity index (χ3v) is 4.92. The normalized spacial score (nSPS) is 25.5. The standard InChI is InChI=1S/C16H25BrN2/c1-3-16(12-5-4-6-13(17)11-12)19(2)15-9-7-14(18)8-10-15/h4-6,11,14-16H,3,7-10,18H2,1-2H3. The molecule has 0 bridgehead atoms. The summed E-state index contributed by atoms with van der Waals surface area (Å²) in [6, 6.07) is 10.3. The van der Waals surface area contributed by atoms with Gasteiger partial charge in [0.1, 0.15) is 0 Å². The van der Waals surface area contributed by atoms with Gasteiger partial charge < -0.3 is 5.73 Å². The highest BCUT2D eigenvalue weighted by molar-refractivity contribution is 9.10. The first-order chi connectivity index (χ1) is 9.11. The average molecular weight is 325 g/mol. The highest BCUT2D eigenvalue weighted by atomic mass is 79.9. The number of halogens is 1. The topological polar surface area (TPSA) is 29.3 Å². The zero-order chi connectivity index (χ0) is 13.8. The van der Waals surface area contributed by atoms with E-state index in [9.17, 15) is 0 Å². The van der Waals surface area contributed by atoms with Gasteiger partial charge in [0.2, 0.25) is 0 Å². The van der Waals surface area contributed by atoms with Crippen LogP contribution in [0, 0.1) is 0 Å². The van der Waals surface area contributed by atoms with E-state index in [1.807, 2.05) is 0 Å². The number of rotatable bonds is 4. The number of nitrogens with zero attached hydrogens (tertiary/aromatic N) is 1. The van der Waals surface area contributed by atoms with E-state index in [0.29, 0.717) is 18.1 Å². The summed E-state index contributed by atoms with van der Waals surface area (Å²) in [6.07, 6.45) is 5.97. The van der Waals surface area contributed by atoms with Crippen molar-refractivity contribution in [3.05, 3.63) is 34.3 Å². The summed E-state index contributed by atoms with van der Waals surface area (Å²) >= 11 is 3.58. The molecule has 0 saturated heterocycles. The molecule has 0 aromatic heterocycles. The molecular weight excluding hydrogens is 300 g/mol. The summed E-state index contributed by atoms with van der Waals surface area (Å²) < 4.78 is 1.17. The summed E-state index contributed by atoms with van der Waals surface area (Å²) in [6.45, 7) is 2.27. The second kappa shape index (κ2) is 6.87. The SMILES string of the molecule is CCC(c1cccc(Br)c1)N(C)C1CCC(N)CC1. The lowest BCUT2D eigenvalue weighted by Gasteiger charge is -2.38. The Morgan fingerprint density at radius 2 is 2.00 bits per heavy atom. The third-order valence-electron chi connectivity index (χ3n) is 4.43. The van der Waals surface area contributed by atoms with E-state index in [4.69, 9.17) is 5.73 Å². The molecule has 19 heavy (non-hydrogen) atoms. The van der Waals surface area contributed by atoms with Gasteiger partial charge in [0, 0.05) is 22.6 Å². The van der Waals surface area contributed by atoms with E-state index in [1.165, 1.54) is 35.7 Å². The van der Waals surface area contributed by atoms with Crippen molar-refractivity contribution in [3.63, 3.8) is 0 Å². The Balaban J connectivity index is 2.08. The number of benzene rings is 1. The van der Waals surface area contributed by atoms with Crippen LogP contribution in [-0.2, 0) is 0 Å². The van der Waals surface area contributed by atoms with Gasteiger partial charge in [-0.1, -0.05) is 35.0 Å². The lowest BCUT2D eigenvalue weighted by atomic mass is 9.89. The van der Waals surface area contributed by atoms with Gasteiger partial charge in [-0.15, -0.1) is 0 Å². The Morgan fingerprint density at radius 1 is 1.32 bits per heavy atom. The van der Waals surface area contributed by atoms with Crippen LogP contribution in [0.15, 0.2) is 28.7 Å². The Morgan fingerprint density at radius 3 is 2.58 bits per heavy atom. The molecule has 1 aromatic carbocycles. The number of hydrogen-bond acceptors (Lipinski definition) is 2. The molecule has 1 fully saturated rings. The summed E-state index contributed by atoms with van der Waals surface area (Å²) in [7, 11) is 2.27. The Hall–Kier alpha value is -0.380. The minimum absolute atomic E-state index is 0.426. The van der Waals surface area contributed by atoms with Gasteiger partial charge in [-0.25, -0.2) is 0 Å². The molecule has 1 aliphatic rings. The van der Waals surface area contributed by atoms with Gasteiger partial charge in [-0.3, -0.25) is 4.90 Å². The van der Waals surface area contributed by atoms with Crippen molar-refractivity contribution in [2.24, 2.45) is 5.73 Å². The first-order valence-corrected chi connectivity index (χ1v) is 8.14. The molecule has 2 nitrogen and oxygen atoms in total. The maximum atomic E-state index is 6.01. The van der Waals surface area contributed by atoms with Crippen molar-refractivity contribution in [2.75, 3.05) is 7.05 Å². The van der Waals surface area contributed by atoms with E-state index in [2.05, 4.69) is 59.1 Å². The molecule has 1 unspecified atom stereocenters. The Labute approximate surface area is 125 Å². The van der Waals surface area contributed by atoms with Crippen molar-refractivity contribution < 1.29 is 0 Å². The van der Waals surface area contributed by atoms with Gasteiger partial charge in [0.25, 0.3) is 0 Å². The Bertz CT molecular complexity index is 399. The largest absolute Gasteiger partial charge is 0.328 e. The van der Waals surface area contributed by atoms with Gasteiger partial charge in [0.05, 0.1) is 0 Å². The van der Waals surface area contributed by atoms with Crippen LogP contribution in [0.3, 0.4) is 0 Å². The molecule has 2 rings (SSSR count). The predicted octanol–water partition coefficient (Wildman–Crippen LogP) is 4.10. The lowest BCUT2D eigenvalue weighted by molar-refractivity contribution is 0.128. The molecule has 1 aromatic rings. The first-order valence-electron chi connectivity index (χ1n) is 7.34. The summed E-state index contributed by atoms with van der Waals surface area (Å²) in [5.74, 6) is 0. The molecule has 106 valence electrons. The van der Waals surface area contributed by atoms with Crippen molar-refractivity contribution in [2.45, 2.75) is 57.2 Å². The van der Waals surface area contributed by atoms with E-state index in [1.54, 1.807) is 0 Å². The summed E-state index contributed by atoms with van der Waals surface area (Å²) in [4.78, 5) is 2.56. The monoisotopic (exact) mass is 324 g/mol. The molecule has 0 radical (unpaired) electrons. The second-order valence-electron chi connectivity index (χ2n) is 5.71. The fourth-order valence-electron chi connectivity index (χ4n) is 3.24. The van der Waals surface area contributed by atoms with Gasteiger partial charge in [0.15, 0.2) is 0 Å². The number of hydrogen-bond donors (Lipinski definition) is 1. The number of nitrogens with two attached hydrogens (primary N) is 1. The van der Waals surface area contributed by atoms with Crippen molar-refractivity contribution >= 4 is 15.9 Å². The van der Waals surface area contributed by atoms with Crippen molar-refractivity contribution in [1.29, 1.82) is 0 Å². The maximum Gasteiger partial charge on any atom is 0.0345 e. The smallest absolute Gasteiger partial charge is 0.0345 e. The van der Waals surface area contributed by atoms with Gasteiger partial charge >= 0.3 is 0 Å². The van der Waals surface area contributed by atoms with Crippen molar-refractivity contribution in [3.8, 4) is 0 Å². The molecule has 0 spiro atoms. The minimum Gasteiger partial charge on any atom is -0.328 e. The predicted molar refractivity (Wildman–Crippen MR) is 85.2 cm³/mol. The van der Waals surface area contributed by atoms with Crippen LogP contribution in [0.5, 0.6) is 0 Å². The average Bonchev–Trinajstić information content (AvgIpc) is 2.40. The van der Waals surface area contributed by atoms with Crippen LogP contribution in [-0.4, -0.2) is 24.0 Å². The first kappa shape index (κ1) is 15.0. The highest BCUT2D eigenvalue weighted by Crippen LogP contribution is 2.31. The third kappa shape index (κ3) is 3.80. The fraction of sp³-hybridized carbons (Fsp3) is 0.625. The van der Waals surface area contributed by atoms with Crippen LogP contribution in [0.25, 0.3) is 0 Å². The zero-order valence-corrected chi connectivity index (χ0v) is 13.6. The fourth-order valence-corrected chi connectivity index (χ4v) is 3.65. The van der Waals surface area contributed by atoms with Crippen LogP contribution < -0.4 is 5.73 Å². The molecule has 0 aliphatic heterocycles. The van der Waals surface area contributed by atoms with Crippen LogP contribution in [0.2, 0.25) is 0 Å². The Kier molecular flexibility index (Phi) is 5.43. The molecule has 1 saturated carbocycles. The molecule has 0 amide bonds. The van der Waals surface area contributed by atoms with Crippen LogP contribution in [0.1, 0.15) is 50.6 Å². The zero-order valence-electron chi connectivity index (χ0n) is 12.0. The minimum atomic E-state index is 0.426. The van der Waals surface area contributed by atoms with Gasteiger partial charge in [-0.2, -0.15) is 0 Å². The van der Waals surface area contributed by atoms with Crippen LogP contribution in [0.4, 0.5) is 0 Å². The molecular formula is C16H25BrN2. The second-order valence-corrected chi connectivity index (χ2v) is 6.63. The molecule has 3 heteroatoms. The van der Waals surface area contributed by atoms with Crippen LogP contribution >= 0.6 is 15.9 Å². The van der Waals surface area contributed by atoms with E-state index in [0.717, 1.165) is 6.42 Å². The highest BCUT2D eigenvalue weighted by Gasteiger charge is 2.26. The lowest BCUT2D eigenvalue weighted by Crippen LogP contribution is -2.40. The molecule has 1 atom stereocenters. The molecule has 0 heterocycles. The maximum absolute atomic E-state index is 6.01. The van der Waals surface area contributed by atoms with Crippen molar-refractivity contribution in [1.82, 2.24) is 4.90 Å².